The van der Waals surface area contributed by atoms with Gasteiger partial charge in [-0.1, -0.05) is 47.5 Å². The molecule has 2 N–H and O–H groups in total. The van der Waals surface area contributed by atoms with Gasteiger partial charge in [0.05, 0.1) is 18.3 Å². The Bertz CT molecular complexity index is 1200. The molecule has 7 nitrogen and oxygen atoms in total. The Balaban J connectivity index is 1.50. The Kier molecular flexibility index (Phi) is 5.13. The smallest absolute Gasteiger partial charge is 0.293 e. The van der Waals surface area contributed by atoms with Crippen molar-refractivity contribution in [2.24, 2.45) is 0 Å². The molecular weight excluding hydrogens is 437 g/mol. The predicted molar refractivity (Wildman–Crippen MR) is 119 cm³/mol. The molecule has 1 aliphatic heterocycles. The summed E-state index contributed by atoms with van der Waals surface area (Å²) in [5.74, 6) is 0.528. The predicted octanol–water partition coefficient (Wildman–Crippen LogP) is 5.58. The summed E-state index contributed by atoms with van der Waals surface area (Å²) in [7, 11) is 0. The lowest BCUT2D eigenvalue weighted by Crippen LogP contribution is -2.28. The topological polar surface area (TPSA) is 85.0 Å². The van der Waals surface area contributed by atoms with Crippen molar-refractivity contribution in [3.8, 4) is 0 Å². The van der Waals surface area contributed by atoms with E-state index in [2.05, 4.69) is 20.7 Å². The highest BCUT2D eigenvalue weighted by atomic mass is 35.5. The average molecular weight is 454 g/mol. The lowest BCUT2D eigenvalue weighted by Gasteiger charge is -2.31. The van der Waals surface area contributed by atoms with Gasteiger partial charge >= 0.3 is 0 Å². The number of aromatic nitrogens is 3. The number of hydrogen-bond donors (Lipinski definition) is 2. The van der Waals surface area contributed by atoms with Gasteiger partial charge in [-0.3, -0.25) is 10.1 Å². The van der Waals surface area contributed by atoms with E-state index in [1.807, 2.05) is 48.5 Å². The van der Waals surface area contributed by atoms with Crippen LogP contribution < -0.4 is 10.6 Å². The highest BCUT2D eigenvalue weighted by molar-refractivity contribution is 6.30. The first-order valence-electron chi connectivity index (χ1n) is 9.66. The number of hydrogen-bond acceptors (Lipinski definition) is 5. The third kappa shape index (κ3) is 4.02. The Morgan fingerprint density at radius 1 is 1.03 bits per heavy atom. The molecule has 9 heteroatoms. The normalized spacial score (nSPS) is 17.6. The van der Waals surface area contributed by atoms with Gasteiger partial charge in [-0.15, -0.1) is 5.10 Å². The van der Waals surface area contributed by atoms with Crippen LogP contribution in [0.3, 0.4) is 0 Å². The lowest BCUT2D eigenvalue weighted by molar-refractivity contribution is 0.0995. The molecule has 1 aliphatic rings. The van der Waals surface area contributed by atoms with Crippen LogP contribution in [0.1, 0.15) is 40.2 Å². The number of fused-ring (bicyclic) bond motifs is 1. The number of anilines is 2. The number of furan rings is 1. The van der Waals surface area contributed by atoms with Crippen LogP contribution in [0.2, 0.25) is 10.0 Å². The molecular formula is C22H17Cl2N5O2. The maximum absolute atomic E-state index is 12.4. The second kappa shape index (κ2) is 8.09. The van der Waals surface area contributed by atoms with Crippen LogP contribution >= 0.6 is 23.2 Å². The molecule has 2 atom stereocenters. The molecule has 0 fully saturated rings. The summed E-state index contributed by atoms with van der Waals surface area (Å²) in [6, 6.07) is 18.5. The van der Waals surface area contributed by atoms with Crippen LogP contribution in [0.15, 0.2) is 71.3 Å². The van der Waals surface area contributed by atoms with Crippen LogP contribution in [0, 0.1) is 0 Å². The second-order valence-electron chi connectivity index (χ2n) is 7.19. The second-order valence-corrected chi connectivity index (χ2v) is 8.06. The van der Waals surface area contributed by atoms with Crippen molar-refractivity contribution in [3.63, 3.8) is 0 Å². The summed E-state index contributed by atoms with van der Waals surface area (Å²) in [6.45, 7) is 0. The largest absolute Gasteiger partial charge is 0.459 e. The number of halogens is 2. The van der Waals surface area contributed by atoms with E-state index in [-0.39, 0.29) is 23.8 Å². The van der Waals surface area contributed by atoms with E-state index in [9.17, 15) is 4.79 Å². The van der Waals surface area contributed by atoms with Crippen molar-refractivity contribution in [1.82, 2.24) is 14.8 Å². The standard InChI is InChI=1S/C22H17Cl2N5O2/c23-15-7-3-13(4-8-15)17-12-18(14-5-9-16(24)10-6-14)29-22(25-17)27-21(28-29)26-20(30)19-2-1-11-31-19/h1-11,17-18H,12H2,(H2,25,26,27,28,30)/t17-,18+/m1/s1. The van der Waals surface area contributed by atoms with Gasteiger partial charge in [-0.25, -0.2) is 4.68 Å². The van der Waals surface area contributed by atoms with Crippen molar-refractivity contribution in [3.05, 3.63) is 93.9 Å². The van der Waals surface area contributed by atoms with Crippen molar-refractivity contribution in [2.45, 2.75) is 18.5 Å². The zero-order chi connectivity index (χ0) is 21.4. The molecule has 156 valence electrons. The number of rotatable bonds is 4. The summed E-state index contributed by atoms with van der Waals surface area (Å²) in [4.78, 5) is 16.9. The van der Waals surface area contributed by atoms with Gasteiger partial charge in [0.25, 0.3) is 11.9 Å². The van der Waals surface area contributed by atoms with E-state index in [0.717, 1.165) is 17.5 Å². The van der Waals surface area contributed by atoms with Crippen molar-refractivity contribution >= 4 is 41.0 Å². The number of carbonyl (C=O) groups excluding carboxylic acids is 1. The SMILES string of the molecule is O=C(Nc1nc2n(n1)[C@H](c1ccc(Cl)cc1)C[C@H](c1ccc(Cl)cc1)N2)c1ccco1. The summed E-state index contributed by atoms with van der Waals surface area (Å²) < 4.78 is 6.93. The fraction of sp³-hybridized carbons (Fsp3) is 0.136. The van der Waals surface area contributed by atoms with Crippen LogP contribution in [0.4, 0.5) is 11.9 Å². The van der Waals surface area contributed by atoms with Crippen LogP contribution in [-0.2, 0) is 0 Å². The Morgan fingerprint density at radius 3 is 2.35 bits per heavy atom. The Labute approximate surface area is 188 Å². The molecule has 0 saturated carbocycles. The molecule has 0 radical (unpaired) electrons. The first-order chi connectivity index (χ1) is 15.1. The summed E-state index contributed by atoms with van der Waals surface area (Å²) in [5.41, 5.74) is 2.12. The molecule has 0 aliphatic carbocycles. The maximum atomic E-state index is 12.4. The quantitative estimate of drug-likeness (QED) is 0.421. The van der Waals surface area contributed by atoms with Gasteiger partial charge in [-0.05, 0) is 53.9 Å². The fourth-order valence-electron chi connectivity index (χ4n) is 3.68. The highest BCUT2D eigenvalue weighted by Gasteiger charge is 2.31. The monoisotopic (exact) mass is 453 g/mol. The zero-order valence-electron chi connectivity index (χ0n) is 16.1. The Morgan fingerprint density at radius 2 is 1.71 bits per heavy atom. The minimum absolute atomic E-state index is 0.0109. The Hall–Kier alpha value is -3.29. The van der Waals surface area contributed by atoms with Crippen LogP contribution in [0.5, 0.6) is 0 Å². The van der Waals surface area contributed by atoms with Gasteiger partial charge in [0, 0.05) is 10.0 Å². The number of amides is 1. The number of carbonyl (C=O) groups is 1. The van der Waals surface area contributed by atoms with Crippen LogP contribution in [0.25, 0.3) is 0 Å². The molecule has 0 unspecified atom stereocenters. The molecule has 2 aromatic heterocycles. The minimum atomic E-state index is -0.412. The van der Waals surface area contributed by atoms with E-state index in [4.69, 9.17) is 27.6 Å². The summed E-state index contributed by atoms with van der Waals surface area (Å²) >= 11 is 12.1. The van der Waals surface area contributed by atoms with Crippen LogP contribution in [-0.4, -0.2) is 20.7 Å². The molecule has 3 heterocycles. The van der Waals surface area contributed by atoms with Gasteiger partial charge in [-0.2, -0.15) is 4.98 Å². The van der Waals surface area contributed by atoms with Gasteiger partial charge in [0.2, 0.25) is 5.95 Å². The zero-order valence-corrected chi connectivity index (χ0v) is 17.6. The van der Waals surface area contributed by atoms with Crippen molar-refractivity contribution in [1.29, 1.82) is 0 Å². The van der Waals surface area contributed by atoms with E-state index in [1.165, 1.54) is 6.26 Å². The molecule has 4 aromatic rings. The fourth-order valence-corrected chi connectivity index (χ4v) is 3.93. The molecule has 2 aromatic carbocycles. The molecule has 0 bridgehead atoms. The summed E-state index contributed by atoms with van der Waals surface area (Å²) in [5, 5.41) is 12.0. The summed E-state index contributed by atoms with van der Waals surface area (Å²) in [6.07, 6.45) is 2.17. The van der Waals surface area contributed by atoms with Gasteiger partial charge in [0.15, 0.2) is 5.76 Å². The number of benzene rings is 2. The van der Waals surface area contributed by atoms with Gasteiger partial charge < -0.3 is 9.73 Å². The van der Waals surface area contributed by atoms with E-state index in [1.54, 1.807) is 16.8 Å². The molecule has 5 rings (SSSR count). The molecule has 1 amide bonds. The van der Waals surface area contributed by atoms with E-state index < -0.39 is 5.91 Å². The third-order valence-electron chi connectivity index (χ3n) is 5.19. The average Bonchev–Trinajstić information content (AvgIpc) is 3.44. The lowest BCUT2D eigenvalue weighted by atomic mass is 9.93. The number of nitrogens with one attached hydrogen (secondary N) is 2. The van der Waals surface area contributed by atoms with Gasteiger partial charge in [0.1, 0.15) is 0 Å². The highest BCUT2D eigenvalue weighted by Crippen LogP contribution is 2.38. The number of nitrogens with zero attached hydrogens (tertiary/aromatic N) is 3. The van der Waals surface area contributed by atoms with Crippen molar-refractivity contribution < 1.29 is 9.21 Å². The van der Waals surface area contributed by atoms with E-state index >= 15 is 0 Å². The third-order valence-corrected chi connectivity index (χ3v) is 5.69. The molecule has 0 spiro atoms. The van der Waals surface area contributed by atoms with Crippen molar-refractivity contribution in [2.75, 3.05) is 10.6 Å². The molecule has 31 heavy (non-hydrogen) atoms. The minimum Gasteiger partial charge on any atom is -0.459 e. The first kappa shape index (κ1) is 19.7. The maximum Gasteiger partial charge on any atom is 0.293 e. The van der Waals surface area contributed by atoms with E-state index in [0.29, 0.717) is 16.0 Å². The molecule has 0 saturated heterocycles. The first-order valence-corrected chi connectivity index (χ1v) is 10.4.